The Morgan fingerprint density at radius 1 is 1.33 bits per heavy atom. The lowest BCUT2D eigenvalue weighted by Crippen LogP contribution is -2.61. The number of rotatable bonds is 5. The lowest BCUT2D eigenvalue weighted by atomic mass is 9.88. The summed E-state index contributed by atoms with van der Waals surface area (Å²) in [7, 11) is 0. The largest absolute Gasteiger partial charge is 0.389 e. The molecule has 0 spiro atoms. The Morgan fingerprint density at radius 3 is 2.33 bits per heavy atom. The third-order valence-corrected chi connectivity index (χ3v) is 3.83. The first-order valence-electron chi connectivity index (χ1n) is 6.42. The van der Waals surface area contributed by atoms with Gasteiger partial charge in [-0.1, -0.05) is 0 Å². The zero-order valence-electron chi connectivity index (χ0n) is 11.6. The second-order valence-electron chi connectivity index (χ2n) is 5.68. The molecule has 0 aromatic carbocycles. The molecule has 2 aliphatic heterocycles. The summed E-state index contributed by atoms with van der Waals surface area (Å²) in [5, 5.41) is 49.7. The van der Waals surface area contributed by atoms with Gasteiger partial charge in [0.25, 0.3) is 5.54 Å². The number of hydrogen-bond donors (Lipinski definition) is 4. The van der Waals surface area contributed by atoms with Crippen LogP contribution in [-0.4, -0.2) is 80.6 Å². The molecule has 2 aliphatic rings. The van der Waals surface area contributed by atoms with Crippen molar-refractivity contribution in [3.8, 4) is 0 Å². The van der Waals surface area contributed by atoms with E-state index in [2.05, 4.69) is 0 Å². The number of nitrogens with zero attached hydrogens (tertiary/aromatic N) is 1. The highest BCUT2D eigenvalue weighted by atomic mass is 16.8. The highest BCUT2D eigenvalue weighted by molar-refractivity contribution is 5.02. The van der Waals surface area contributed by atoms with Gasteiger partial charge in [0.1, 0.15) is 31.5 Å². The van der Waals surface area contributed by atoms with Gasteiger partial charge in [0.15, 0.2) is 18.2 Å². The summed E-state index contributed by atoms with van der Waals surface area (Å²) in [4.78, 5) is 10.1. The standard InChI is InChI=1S/C11H19NO9/c1-10(2)20-7-5(15)6(19-9(7)21-10)8(16)11(3-13,4-14)12(17)18/h5-9,13-16H,3-4H2,1-2H3/t5-,6-,7+,8-,9+/m0/s1. The number of aliphatic hydroxyl groups excluding tert-OH is 4. The predicted octanol–water partition coefficient (Wildman–Crippen LogP) is -2.42. The Hall–Kier alpha value is -0.880. The van der Waals surface area contributed by atoms with Gasteiger partial charge in [0, 0.05) is 4.92 Å². The van der Waals surface area contributed by atoms with Crippen molar-refractivity contribution in [3.63, 3.8) is 0 Å². The van der Waals surface area contributed by atoms with E-state index < -0.39 is 60.2 Å². The van der Waals surface area contributed by atoms with Crippen molar-refractivity contribution >= 4 is 0 Å². The highest BCUT2D eigenvalue weighted by Crippen LogP contribution is 2.39. The Bertz CT molecular complexity index is 410. The molecule has 0 radical (unpaired) electrons. The first kappa shape index (κ1) is 16.5. The molecule has 2 fully saturated rings. The fraction of sp³-hybridized carbons (Fsp3) is 1.00. The summed E-state index contributed by atoms with van der Waals surface area (Å²) in [5.41, 5.74) is -2.44. The first-order chi connectivity index (χ1) is 9.68. The Kier molecular flexibility index (Phi) is 4.23. The van der Waals surface area contributed by atoms with Crippen LogP contribution in [0.1, 0.15) is 13.8 Å². The van der Waals surface area contributed by atoms with E-state index in [9.17, 15) is 30.5 Å². The van der Waals surface area contributed by atoms with Gasteiger partial charge in [-0.25, -0.2) is 0 Å². The summed E-state index contributed by atoms with van der Waals surface area (Å²) >= 11 is 0. The summed E-state index contributed by atoms with van der Waals surface area (Å²) in [5.74, 6) is -0.986. The highest BCUT2D eigenvalue weighted by Gasteiger charge is 2.62. The van der Waals surface area contributed by atoms with Crippen LogP contribution in [0.3, 0.4) is 0 Å². The molecule has 5 atom stereocenters. The van der Waals surface area contributed by atoms with E-state index in [1.807, 2.05) is 0 Å². The smallest absolute Gasteiger partial charge is 0.295 e. The normalized spacial score (nSPS) is 36.5. The maximum Gasteiger partial charge on any atom is 0.295 e. The molecule has 0 aromatic rings. The van der Waals surface area contributed by atoms with Gasteiger partial charge in [-0.3, -0.25) is 10.1 Å². The molecule has 0 aliphatic carbocycles. The van der Waals surface area contributed by atoms with Crippen molar-refractivity contribution in [1.82, 2.24) is 0 Å². The quantitative estimate of drug-likeness (QED) is 0.321. The molecule has 2 rings (SSSR count). The molecule has 2 heterocycles. The van der Waals surface area contributed by atoms with E-state index in [0.717, 1.165) is 0 Å². The van der Waals surface area contributed by atoms with Crippen LogP contribution < -0.4 is 0 Å². The second kappa shape index (κ2) is 5.39. The minimum atomic E-state index is -2.44. The Labute approximate surface area is 120 Å². The van der Waals surface area contributed by atoms with Crippen LogP contribution in [0.5, 0.6) is 0 Å². The van der Waals surface area contributed by atoms with Crippen LogP contribution in [0.2, 0.25) is 0 Å². The van der Waals surface area contributed by atoms with E-state index in [4.69, 9.17) is 14.2 Å². The van der Waals surface area contributed by atoms with Gasteiger partial charge in [-0.2, -0.15) is 0 Å². The van der Waals surface area contributed by atoms with Crippen molar-refractivity contribution in [2.75, 3.05) is 13.2 Å². The maximum atomic E-state index is 11.1. The van der Waals surface area contributed by atoms with Crippen molar-refractivity contribution in [2.24, 2.45) is 0 Å². The van der Waals surface area contributed by atoms with Gasteiger partial charge in [-0.15, -0.1) is 0 Å². The predicted molar refractivity (Wildman–Crippen MR) is 64.6 cm³/mol. The van der Waals surface area contributed by atoms with Crippen LogP contribution >= 0.6 is 0 Å². The molecule has 0 bridgehead atoms. The van der Waals surface area contributed by atoms with E-state index >= 15 is 0 Å². The van der Waals surface area contributed by atoms with E-state index in [1.54, 1.807) is 13.8 Å². The van der Waals surface area contributed by atoms with Crippen LogP contribution in [0.25, 0.3) is 0 Å². The van der Waals surface area contributed by atoms with Crippen LogP contribution in [0.4, 0.5) is 0 Å². The topological polar surface area (TPSA) is 152 Å². The molecule has 10 nitrogen and oxygen atoms in total. The molecule has 10 heteroatoms. The molecule has 0 aromatic heterocycles. The first-order valence-corrected chi connectivity index (χ1v) is 6.42. The lowest BCUT2D eigenvalue weighted by molar-refractivity contribution is -0.593. The lowest BCUT2D eigenvalue weighted by Gasteiger charge is -2.32. The SMILES string of the molecule is CC1(C)O[C@H]2O[C@H]([C@H](O)C(CO)(CO)[N+](=O)[O-])[C@H](O)[C@H]2O1. The zero-order chi connectivity index (χ0) is 16.0. The Balaban J connectivity index is 2.19. The molecular formula is C11H19NO9. The number of ether oxygens (including phenoxy) is 3. The molecule has 21 heavy (non-hydrogen) atoms. The second-order valence-corrected chi connectivity index (χ2v) is 5.68. The van der Waals surface area contributed by atoms with E-state index in [0.29, 0.717) is 0 Å². The summed E-state index contributed by atoms with van der Waals surface area (Å²) in [6, 6.07) is 0. The number of hydrogen-bond acceptors (Lipinski definition) is 9. The fourth-order valence-electron chi connectivity index (χ4n) is 2.54. The van der Waals surface area contributed by atoms with Crippen molar-refractivity contribution in [3.05, 3.63) is 10.1 Å². The molecule has 0 unspecified atom stereocenters. The van der Waals surface area contributed by atoms with Crippen LogP contribution in [-0.2, 0) is 14.2 Å². The fourth-order valence-corrected chi connectivity index (χ4v) is 2.54. The van der Waals surface area contributed by atoms with Gasteiger partial charge in [0.05, 0.1) is 0 Å². The molecule has 4 N–H and O–H groups in total. The van der Waals surface area contributed by atoms with Crippen molar-refractivity contribution in [1.29, 1.82) is 0 Å². The summed E-state index contributed by atoms with van der Waals surface area (Å²) < 4.78 is 16.0. The molecule has 0 amide bonds. The van der Waals surface area contributed by atoms with Crippen molar-refractivity contribution < 1.29 is 39.6 Å². The molecule has 122 valence electrons. The minimum absolute atomic E-state index is 0.915. The number of nitro groups is 1. The minimum Gasteiger partial charge on any atom is -0.389 e. The molecule has 0 saturated carbocycles. The van der Waals surface area contributed by atoms with E-state index in [1.165, 1.54) is 0 Å². The average Bonchev–Trinajstić information content (AvgIpc) is 2.85. The van der Waals surface area contributed by atoms with E-state index in [-0.39, 0.29) is 0 Å². The van der Waals surface area contributed by atoms with Gasteiger partial charge >= 0.3 is 0 Å². The number of aliphatic hydroxyl groups is 4. The van der Waals surface area contributed by atoms with Gasteiger partial charge in [0.2, 0.25) is 0 Å². The third kappa shape index (κ3) is 2.52. The number of fused-ring (bicyclic) bond motifs is 1. The Morgan fingerprint density at radius 2 is 1.90 bits per heavy atom. The summed E-state index contributed by atoms with van der Waals surface area (Å²) in [6.45, 7) is 0.977. The van der Waals surface area contributed by atoms with Gasteiger partial charge in [-0.05, 0) is 13.8 Å². The summed E-state index contributed by atoms with van der Waals surface area (Å²) in [6.07, 6.45) is -6.68. The zero-order valence-corrected chi connectivity index (χ0v) is 11.6. The monoisotopic (exact) mass is 309 g/mol. The van der Waals surface area contributed by atoms with Crippen LogP contribution in [0.15, 0.2) is 0 Å². The maximum absolute atomic E-state index is 11.1. The van der Waals surface area contributed by atoms with Crippen molar-refractivity contribution in [2.45, 2.75) is 55.9 Å². The molecule has 2 saturated heterocycles. The van der Waals surface area contributed by atoms with Gasteiger partial charge < -0.3 is 34.6 Å². The third-order valence-electron chi connectivity index (χ3n) is 3.83. The van der Waals surface area contributed by atoms with Crippen LogP contribution in [0, 0.1) is 10.1 Å². The average molecular weight is 309 g/mol. The molecular weight excluding hydrogens is 290 g/mol.